The van der Waals surface area contributed by atoms with Crippen LogP contribution in [0.3, 0.4) is 0 Å². The van der Waals surface area contributed by atoms with Crippen LogP contribution in [0.15, 0.2) is 0 Å². The van der Waals surface area contributed by atoms with Crippen molar-refractivity contribution in [3.8, 4) is 0 Å². The maximum atomic E-state index is 12.6. The Morgan fingerprint density at radius 3 is 2.22 bits per heavy atom. The average molecular weight is 385 g/mol. The van der Waals surface area contributed by atoms with Gasteiger partial charge in [-0.3, -0.25) is 15.0 Å². The van der Waals surface area contributed by atoms with Gasteiger partial charge in [-0.2, -0.15) is 0 Å². The van der Waals surface area contributed by atoms with Crippen molar-refractivity contribution in [2.24, 2.45) is 11.8 Å². The molecule has 0 radical (unpaired) electrons. The lowest BCUT2D eigenvalue weighted by molar-refractivity contribution is -0.131. The van der Waals surface area contributed by atoms with Gasteiger partial charge in [-0.1, -0.05) is 27.7 Å². The number of carbonyl (C=O) groups excluding carboxylic acids is 2. The zero-order chi connectivity index (χ0) is 21.0. The van der Waals surface area contributed by atoms with E-state index in [4.69, 9.17) is 5.41 Å². The predicted octanol–water partition coefficient (Wildman–Crippen LogP) is -0.416. The molecule has 0 heterocycles. The van der Waals surface area contributed by atoms with Crippen LogP contribution in [-0.4, -0.2) is 60.5 Å². The highest BCUT2D eigenvalue weighted by Gasteiger charge is 2.30. The van der Waals surface area contributed by atoms with Crippen molar-refractivity contribution in [3.05, 3.63) is 0 Å². The standard InChI is InChI=1S/C17H36BN5O4/c1-6-12(4)15(24)22-13(8-7-9-21-17(19)20-5)16(25)23-14(18(26)27)10-11(2)3/h11-14,26-27H,6-10H2,1-5H3,(H,22,24)(H,23,25)(H3,19,20,21)/t12?,13-,14-/m0/s1. The molecule has 0 fully saturated rings. The minimum absolute atomic E-state index is 0.169. The monoisotopic (exact) mass is 385 g/mol. The van der Waals surface area contributed by atoms with E-state index in [-0.39, 0.29) is 23.7 Å². The van der Waals surface area contributed by atoms with Crippen molar-refractivity contribution < 1.29 is 19.6 Å². The first kappa shape index (κ1) is 25.2. The Kier molecular flexibility index (Phi) is 12.5. The quantitative estimate of drug-likeness (QED) is 0.105. The summed E-state index contributed by atoms with van der Waals surface area (Å²) in [7, 11) is -0.0347. The Labute approximate surface area is 162 Å². The summed E-state index contributed by atoms with van der Waals surface area (Å²) in [6, 6.07) is -0.773. The molecule has 0 aromatic heterocycles. The molecule has 0 aromatic carbocycles. The summed E-state index contributed by atoms with van der Waals surface area (Å²) in [4.78, 5) is 24.9. The van der Waals surface area contributed by atoms with Gasteiger partial charge in [0.05, 0.1) is 5.94 Å². The molecule has 156 valence electrons. The number of guanidine groups is 1. The van der Waals surface area contributed by atoms with Gasteiger partial charge in [-0.15, -0.1) is 0 Å². The van der Waals surface area contributed by atoms with Crippen LogP contribution in [0.1, 0.15) is 53.4 Å². The Balaban J connectivity index is 4.94. The fourth-order valence-corrected chi connectivity index (χ4v) is 2.42. The molecule has 2 amide bonds. The molecule has 1 unspecified atom stereocenters. The van der Waals surface area contributed by atoms with Crippen LogP contribution in [0.5, 0.6) is 0 Å². The van der Waals surface area contributed by atoms with Gasteiger partial charge in [0.1, 0.15) is 6.04 Å². The molecule has 0 aromatic rings. The van der Waals surface area contributed by atoms with Gasteiger partial charge in [0.2, 0.25) is 11.8 Å². The summed E-state index contributed by atoms with van der Waals surface area (Å²) in [6.45, 7) is 8.01. The van der Waals surface area contributed by atoms with Crippen LogP contribution >= 0.6 is 0 Å². The van der Waals surface area contributed by atoms with E-state index in [1.165, 1.54) is 0 Å². The summed E-state index contributed by atoms with van der Waals surface area (Å²) < 4.78 is 0. The third kappa shape index (κ3) is 10.8. The molecule has 0 aliphatic heterocycles. The average Bonchev–Trinajstić information content (AvgIpc) is 2.61. The van der Waals surface area contributed by atoms with Crippen molar-refractivity contribution in [3.63, 3.8) is 0 Å². The highest BCUT2D eigenvalue weighted by Crippen LogP contribution is 2.08. The maximum absolute atomic E-state index is 12.6. The number of hydrogen-bond acceptors (Lipinski definition) is 5. The van der Waals surface area contributed by atoms with E-state index in [1.54, 1.807) is 14.0 Å². The summed E-state index contributed by atoms with van der Waals surface area (Å²) >= 11 is 0. The molecular weight excluding hydrogens is 349 g/mol. The van der Waals surface area contributed by atoms with E-state index < -0.39 is 25.0 Å². The van der Waals surface area contributed by atoms with Crippen molar-refractivity contribution in [1.29, 1.82) is 5.41 Å². The molecular formula is C17H36BN5O4. The highest BCUT2D eigenvalue weighted by molar-refractivity contribution is 6.43. The zero-order valence-corrected chi connectivity index (χ0v) is 17.1. The Hall–Kier alpha value is -1.81. The van der Waals surface area contributed by atoms with Gasteiger partial charge in [-0.05, 0) is 31.6 Å². The zero-order valence-electron chi connectivity index (χ0n) is 17.1. The Morgan fingerprint density at radius 1 is 1.11 bits per heavy atom. The van der Waals surface area contributed by atoms with Crippen molar-refractivity contribution in [2.75, 3.05) is 13.6 Å². The first-order valence-corrected chi connectivity index (χ1v) is 9.59. The van der Waals surface area contributed by atoms with Gasteiger partial charge < -0.3 is 31.3 Å². The van der Waals surface area contributed by atoms with Crippen LogP contribution in [-0.2, 0) is 9.59 Å². The number of nitrogens with one attached hydrogen (secondary N) is 5. The topological polar surface area (TPSA) is 147 Å². The van der Waals surface area contributed by atoms with E-state index >= 15 is 0 Å². The van der Waals surface area contributed by atoms with Crippen molar-refractivity contribution >= 4 is 24.9 Å². The number of rotatable bonds is 12. The fourth-order valence-electron chi connectivity index (χ4n) is 2.42. The molecule has 0 saturated carbocycles. The summed E-state index contributed by atoms with van der Waals surface area (Å²) in [5, 5.41) is 37.4. The fraction of sp³-hybridized carbons (Fsp3) is 0.824. The van der Waals surface area contributed by atoms with E-state index in [0.717, 1.165) is 0 Å². The van der Waals surface area contributed by atoms with Crippen LogP contribution in [0.4, 0.5) is 0 Å². The first-order valence-electron chi connectivity index (χ1n) is 9.59. The van der Waals surface area contributed by atoms with Crippen molar-refractivity contribution in [1.82, 2.24) is 21.3 Å². The molecule has 0 aliphatic carbocycles. The van der Waals surface area contributed by atoms with E-state index in [2.05, 4.69) is 21.3 Å². The van der Waals surface area contributed by atoms with Crippen LogP contribution in [0.25, 0.3) is 0 Å². The minimum atomic E-state index is -1.67. The number of carbonyl (C=O) groups is 2. The lowest BCUT2D eigenvalue weighted by atomic mass is 9.75. The largest absolute Gasteiger partial charge is 0.475 e. The number of hydrogen-bond donors (Lipinski definition) is 7. The van der Waals surface area contributed by atoms with Gasteiger partial charge in [0.15, 0.2) is 5.96 Å². The first-order chi connectivity index (χ1) is 12.6. The highest BCUT2D eigenvalue weighted by atomic mass is 16.4. The Morgan fingerprint density at radius 2 is 1.74 bits per heavy atom. The van der Waals surface area contributed by atoms with E-state index in [0.29, 0.717) is 32.2 Å². The lowest BCUT2D eigenvalue weighted by Gasteiger charge is -2.25. The molecule has 0 bridgehead atoms. The minimum Gasteiger partial charge on any atom is -0.426 e. The molecule has 27 heavy (non-hydrogen) atoms. The summed E-state index contributed by atoms with van der Waals surface area (Å²) in [6.07, 6.45) is 2.00. The van der Waals surface area contributed by atoms with Gasteiger partial charge >= 0.3 is 7.12 Å². The molecule has 7 N–H and O–H groups in total. The van der Waals surface area contributed by atoms with Gasteiger partial charge in [0, 0.05) is 19.5 Å². The molecule has 0 spiro atoms. The van der Waals surface area contributed by atoms with Crippen LogP contribution in [0.2, 0.25) is 0 Å². The molecule has 9 nitrogen and oxygen atoms in total. The lowest BCUT2D eigenvalue weighted by Crippen LogP contribution is -2.55. The molecule has 3 atom stereocenters. The van der Waals surface area contributed by atoms with E-state index in [9.17, 15) is 19.6 Å². The van der Waals surface area contributed by atoms with E-state index in [1.807, 2.05) is 20.8 Å². The predicted molar refractivity (Wildman–Crippen MR) is 107 cm³/mol. The maximum Gasteiger partial charge on any atom is 0.475 e. The third-order valence-electron chi connectivity index (χ3n) is 4.33. The molecule has 0 saturated heterocycles. The second-order valence-corrected chi connectivity index (χ2v) is 7.22. The van der Waals surface area contributed by atoms with Gasteiger partial charge in [-0.25, -0.2) is 0 Å². The summed E-state index contributed by atoms with van der Waals surface area (Å²) in [5.74, 6) is -1.31. The van der Waals surface area contributed by atoms with Crippen LogP contribution in [0, 0.1) is 17.2 Å². The summed E-state index contributed by atoms with van der Waals surface area (Å²) in [5.41, 5.74) is 0. The second-order valence-electron chi connectivity index (χ2n) is 7.22. The Bertz CT molecular complexity index is 476. The van der Waals surface area contributed by atoms with Crippen molar-refractivity contribution in [2.45, 2.75) is 65.4 Å². The normalized spacial score (nSPS) is 14.1. The molecule has 0 rings (SSSR count). The van der Waals surface area contributed by atoms with Crippen LogP contribution < -0.4 is 21.3 Å². The smallest absolute Gasteiger partial charge is 0.426 e. The van der Waals surface area contributed by atoms with Gasteiger partial charge in [0.25, 0.3) is 0 Å². The molecule has 10 heteroatoms. The SMILES string of the molecule is CCC(C)C(=O)N[C@@H](CCCNC(=N)NC)C(=O)N[C@@H](CC(C)C)B(O)O. The number of amides is 2. The second kappa shape index (κ2) is 13.4. The third-order valence-corrected chi connectivity index (χ3v) is 4.33. The molecule has 0 aliphatic rings.